The van der Waals surface area contributed by atoms with E-state index in [1.165, 1.54) is 0 Å². The van der Waals surface area contributed by atoms with Crippen molar-refractivity contribution in [2.24, 2.45) is 0 Å². The van der Waals surface area contributed by atoms with Gasteiger partial charge in [0.25, 0.3) is 0 Å². The molecule has 5 heteroatoms. The molecule has 2 N–H and O–H groups in total. The fourth-order valence-electron chi connectivity index (χ4n) is 1.03. The van der Waals surface area contributed by atoms with E-state index in [9.17, 15) is 4.79 Å². The van der Waals surface area contributed by atoms with Gasteiger partial charge in [-0.15, -0.1) is 0 Å². The molecule has 0 saturated heterocycles. The van der Waals surface area contributed by atoms with Crippen molar-refractivity contribution in [3.05, 3.63) is 22.8 Å². The molecule has 1 rings (SSSR count). The zero-order valence-electron chi connectivity index (χ0n) is 8.59. The first-order chi connectivity index (χ1) is 7.24. The lowest BCUT2D eigenvalue weighted by atomic mass is 10.4. The number of aromatic nitrogens is 1. The van der Waals surface area contributed by atoms with Crippen LogP contribution in [0.15, 0.2) is 22.8 Å². The van der Waals surface area contributed by atoms with E-state index in [1.54, 1.807) is 12.3 Å². The van der Waals surface area contributed by atoms with Crippen molar-refractivity contribution in [2.45, 2.75) is 13.3 Å². The SMILES string of the molecule is CCCNCC(=O)Nc1ncccc1Br. The van der Waals surface area contributed by atoms with Crippen LogP contribution in [0, 0.1) is 0 Å². The number of carbonyl (C=O) groups is 1. The number of amides is 1. The monoisotopic (exact) mass is 271 g/mol. The number of hydrogen-bond donors (Lipinski definition) is 2. The fourth-order valence-corrected chi connectivity index (χ4v) is 1.39. The molecule has 0 aliphatic rings. The third kappa shape index (κ3) is 4.40. The Kier molecular flexibility index (Phi) is 5.28. The second kappa shape index (κ2) is 6.53. The molecule has 4 nitrogen and oxygen atoms in total. The molecule has 0 bridgehead atoms. The van der Waals surface area contributed by atoms with Crippen molar-refractivity contribution in [3.8, 4) is 0 Å². The average Bonchev–Trinajstić information content (AvgIpc) is 2.22. The number of nitrogens with one attached hydrogen (secondary N) is 2. The topological polar surface area (TPSA) is 54.0 Å². The van der Waals surface area contributed by atoms with Crippen LogP contribution in [0.4, 0.5) is 5.82 Å². The third-order valence-corrected chi connectivity index (χ3v) is 2.37. The Bertz CT molecular complexity index is 330. The van der Waals surface area contributed by atoms with E-state index in [-0.39, 0.29) is 5.91 Å². The first-order valence-corrected chi connectivity index (χ1v) is 5.64. The molecule has 1 amide bonds. The van der Waals surface area contributed by atoms with Crippen molar-refractivity contribution in [2.75, 3.05) is 18.4 Å². The minimum absolute atomic E-state index is 0.0807. The highest BCUT2D eigenvalue weighted by Gasteiger charge is 2.04. The van der Waals surface area contributed by atoms with Crippen molar-refractivity contribution in [3.63, 3.8) is 0 Å². The summed E-state index contributed by atoms with van der Waals surface area (Å²) in [4.78, 5) is 15.4. The molecule has 1 heterocycles. The smallest absolute Gasteiger partial charge is 0.239 e. The van der Waals surface area contributed by atoms with Gasteiger partial charge in [-0.25, -0.2) is 4.98 Å². The van der Waals surface area contributed by atoms with E-state index >= 15 is 0 Å². The van der Waals surface area contributed by atoms with E-state index in [1.807, 2.05) is 6.07 Å². The standard InChI is InChI=1S/C10H14BrN3O/c1-2-5-12-7-9(15)14-10-8(11)4-3-6-13-10/h3-4,6,12H,2,5,7H2,1H3,(H,13,14,15). The van der Waals surface area contributed by atoms with E-state index < -0.39 is 0 Å². The van der Waals surface area contributed by atoms with E-state index in [0.29, 0.717) is 12.4 Å². The Hall–Kier alpha value is -0.940. The summed E-state index contributed by atoms with van der Waals surface area (Å²) in [5, 5.41) is 5.73. The first-order valence-electron chi connectivity index (χ1n) is 4.85. The van der Waals surface area contributed by atoms with Gasteiger partial charge in [0.1, 0.15) is 5.82 Å². The maximum atomic E-state index is 11.4. The summed E-state index contributed by atoms with van der Waals surface area (Å²) >= 11 is 3.31. The van der Waals surface area contributed by atoms with E-state index in [4.69, 9.17) is 0 Å². The van der Waals surface area contributed by atoms with Gasteiger partial charge in [-0.3, -0.25) is 4.79 Å². The Morgan fingerprint density at radius 2 is 2.40 bits per heavy atom. The van der Waals surface area contributed by atoms with Crippen LogP contribution in [0.3, 0.4) is 0 Å². The van der Waals surface area contributed by atoms with Gasteiger partial charge in [0.15, 0.2) is 0 Å². The number of rotatable bonds is 5. The molecule has 0 unspecified atom stereocenters. The summed E-state index contributed by atoms with van der Waals surface area (Å²) in [7, 11) is 0. The molecule has 0 aromatic carbocycles. The average molecular weight is 272 g/mol. The molecule has 0 radical (unpaired) electrons. The van der Waals surface area contributed by atoms with Gasteiger partial charge in [-0.05, 0) is 41.0 Å². The van der Waals surface area contributed by atoms with Crippen molar-refractivity contribution >= 4 is 27.7 Å². The predicted molar refractivity (Wildman–Crippen MR) is 63.7 cm³/mol. The summed E-state index contributed by atoms with van der Waals surface area (Å²) in [5.41, 5.74) is 0. The van der Waals surface area contributed by atoms with Gasteiger partial charge in [0.2, 0.25) is 5.91 Å². The van der Waals surface area contributed by atoms with Crippen LogP contribution < -0.4 is 10.6 Å². The lowest BCUT2D eigenvalue weighted by molar-refractivity contribution is -0.115. The lowest BCUT2D eigenvalue weighted by Gasteiger charge is -2.06. The van der Waals surface area contributed by atoms with Crippen LogP contribution in [0.5, 0.6) is 0 Å². The minimum atomic E-state index is -0.0807. The summed E-state index contributed by atoms with van der Waals surface area (Å²) in [6.45, 7) is 3.22. The van der Waals surface area contributed by atoms with Gasteiger partial charge in [0, 0.05) is 6.20 Å². The molecule has 1 aromatic rings. The maximum Gasteiger partial charge on any atom is 0.239 e. The zero-order valence-corrected chi connectivity index (χ0v) is 10.2. The summed E-state index contributed by atoms with van der Waals surface area (Å²) < 4.78 is 0.786. The van der Waals surface area contributed by atoms with E-state index in [2.05, 4.69) is 38.5 Å². The van der Waals surface area contributed by atoms with Crippen LogP contribution in [0.1, 0.15) is 13.3 Å². The van der Waals surface area contributed by atoms with Gasteiger partial charge < -0.3 is 10.6 Å². The van der Waals surface area contributed by atoms with E-state index in [0.717, 1.165) is 17.4 Å². The molecule has 0 atom stereocenters. The van der Waals surface area contributed by atoms with Crippen LogP contribution in [0.2, 0.25) is 0 Å². The Morgan fingerprint density at radius 3 is 3.07 bits per heavy atom. The van der Waals surface area contributed by atoms with Crippen molar-refractivity contribution in [1.82, 2.24) is 10.3 Å². The predicted octanol–water partition coefficient (Wildman–Crippen LogP) is 1.78. The lowest BCUT2D eigenvalue weighted by Crippen LogP contribution is -2.28. The largest absolute Gasteiger partial charge is 0.309 e. The summed E-state index contributed by atoms with van der Waals surface area (Å²) in [6, 6.07) is 3.64. The van der Waals surface area contributed by atoms with Crippen molar-refractivity contribution < 1.29 is 4.79 Å². The number of anilines is 1. The quantitative estimate of drug-likeness (QED) is 0.803. The second-order valence-electron chi connectivity index (χ2n) is 3.06. The highest BCUT2D eigenvalue weighted by Crippen LogP contribution is 2.17. The van der Waals surface area contributed by atoms with Crippen LogP contribution in [0.25, 0.3) is 0 Å². The number of nitrogens with zero attached hydrogens (tertiary/aromatic N) is 1. The highest BCUT2D eigenvalue weighted by molar-refractivity contribution is 9.10. The van der Waals surface area contributed by atoms with Crippen LogP contribution >= 0.6 is 15.9 Å². The summed E-state index contributed by atoms with van der Waals surface area (Å²) in [6.07, 6.45) is 2.65. The molecule has 0 saturated carbocycles. The third-order valence-electron chi connectivity index (χ3n) is 1.73. The Balaban J connectivity index is 2.41. The van der Waals surface area contributed by atoms with Crippen LogP contribution in [-0.4, -0.2) is 24.0 Å². The van der Waals surface area contributed by atoms with Gasteiger partial charge in [-0.1, -0.05) is 6.92 Å². The fraction of sp³-hybridized carbons (Fsp3) is 0.400. The van der Waals surface area contributed by atoms with Gasteiger partial charge in [0.05, 0.1) is 11.0 Å². The molecular formula is C10H14BrN3O. The van der Waals surface area contributed by atoms with Crippen molar-refractivity contribution in [1.29, 1.82) is 0 Å². The molecule has 0 fully saturated rings. The van der Waals surface area contributed by atoms with Crippen LogP contribution in [-0.2, 0) is 4.79 Å². The molecular weight excluding hydrogens is 258 g/mol. The minimum Gasteiger partial charge on any atom is -0.309 e. The van der Waals surface area contributed by atoms with Gasteiger partial charge in [-0.2, -0.15) is 0 Å². The Morgan fingerprint density at radius 1 is 1.60 bits per heavy atom. The number of pyridine rings is 1. The molecule has 1 aromatic heterocycles. The molecule has 0 aliphatic heterocycles. The number of hydrogen-bond acceptors (Lipinski definition) is 3. The molecule has 82 valence electrons. The zero-order chi connectivity index (χ0) is 11.1. The maximum absolute atomic E-state index is 11.4. The molecule has 0 spiro atoms. The molecule has 15 heavy (non-hydrogen) atoms. The highest BCUT2D eigenvalue weighted by atomic mass is 79.9. The summed E-state index contributed by atoms with van der Waals surface area (Å²) in [5.74, 6) is 0.476. The van der Waals surface area contributed by atoms with Gasteiger partial charge >= 0.3 is 0 Å². The molecule has 0 aliphatic carbocycles. The Labute approximate surface area is 97.6 Å². The normalized spacial score (nSPS) is 10.0. The second-order valence-corrected chi connectivity index (χ2v) is 3.91. The number of carbonyl (C=O) groups excluding carboxylic acids is 1. The first kappa shape index (κ1) is 12.1. The number of halogens is 1.